The average Bonchev–Trinajstić information content (AvgIpc) is 3.18. The van der Waals surface area contributed by atoms with Crippen LogP contribution in [0.25, 0.3) is 0 Å². The molecule has 2 saturated carbocycles. The standard InChI is InChI=1S/C43H46FNO10/c1-24-28-20-31(46)41(4)30(44)21-32-42(51,23-53-32)35(41)36(55-38(49)27-18-12-7-13-19-27)43(52,40(28,2)3)22-29(24)54-39(50)34(47)33(25-14-8-5-9-15-25)45-37(48)26-16-10-6-11-17-26/h5-19,29-30,32-36,47,51-52H,20-23H2,1-4H3,(H,45,48)/t29?,30?,32?,33?,34?,35?,36?,41-,42?,43?/m0/s1. The summed E-state index contributed by atoms with van der Waals surface area (Å²) in [5.41, 5.74) is -5.70. The molecule has 1 aliphatic heterocycles. The molecule has 4 N–H and O–H groups in total. The first-order valence-corrected chi connectivity index (χ1v) is 18.5. The third-order valence-corrected chi connectivity index (χ3v) is 12.9. The fraction of sp³-hybridized carbons (Fsp3) is 0.442. The lowest BCUT2D eigenvalue weighted by Gasteiger charge is -2.66. The molecule has 0 aromatic heterocycles. The Bertz CT molecular complexity index is 2010. The largest absolute Gasteiger partial charge is 0.456 e. The summed E-state index contributed by atoms with van der Waals surface area (Å²) in [6.45, 7) is 6.13. The van der Waals surface area contributed by atoms with Crippen LogP contribution < -0.4 is 5.32 Å². The maximum Gasteiger partial charge on any atom is 0.338 e. The highest BCUT2D eigenvalue weighted by molar-refractivity contribution is 5.95. The predicted octanol–water partition coefficient (Wildman–Crippen LogP) is 4.60. The second-order valence-electron chi connectivity index (χ2n) is 16.1. The molecule has 7 rings (SSSR count). The Morgan fingerprint density at radius 3 is 2.05 bits per heavy atom. The van der Waals surface area contributed by atoms with Crippen LogP contribution in [0.4, 0.5) is 4.39 Å². The van der Waals surface area contributed by atoms with Gasteiger partial charge < -0.3 is 34.8 Å². The second-order valence-corrected chi connectivity index (χ2v) is 16.1. The third-order valence-electron chi connectivity index (χ3n) is 12.9. The number of carbonyl (C=O) groups excluding carboxylic acids is 4. The van der Waals surface area contributed by atoms with Gasteiger partial charge in [-0.3, -0.25) is 9.59 Å². The summed E-state index contributed by atoms with van der Waals surface area (Å²) in [4.78, 5) is 55.8. The monoisotopic (exact) mass is 755 g/mol. The van der Waals surface area contributed by atoms with Crippen LogP contribution in [-0.2, 0) is 23.8 Å². The molecule has 4 aliphatic rings. The summed E-state index contributed by atoms with van der Waals surface area (Å²) in [6, 6.07) is 23.4. The van der Waals surface area contributed by atoms with Gasteiger partial charge in [0.05, 0.1) is 29.7 Å². The maximum absolute atomic E-state index is 16.5. The van der Waals surface area contributed by atoms with Crippen molar-refractivity contribution in [3.05, 3.63) is 119 Å². The first-order valence-electron chi connectivity index (χ1n) is 18.5. The highest BCUT2D eigenvalue weighted by Gasteiger charge is 2.75. The van der Waals surface area contributed by atoms with E-state index in [9.17, 15) is 34.5 Å². The van der Waals surface area contributed by atoms with E-state index in [4.69, 9.17) is 14.2 Å². The number of aliphatic hydroxyl groups excluding tert-OH is 1. The van der Waals surface area contributed by atoms with Crippen molar-refractivity contribution in [2.45, 2.75) is 94.8 Å². The molecular formula is C43H46FNO10. The summed E-state index contributed by atoms with van der Waals surface area (Å²) in [5, 5.41) is 39.8. The van der Waals surface area contributed by atoms with Gasteiger partial charge in [-0.1, -0.05) is 86.2 Å². The summed E-state index contributed by atoms with van der Waals surface area (Å²) in [7, 11) is 0. The summed E-state index contributed by atoms with van der Waals surface area (Å²) < 4.78 is 34.3. The molecule has 3 aromatic carbocycles. The molecule has 1 amide bonds. The normalized spacial score (nSPS) is 33.3. The van der Waals surface area contributed by atoms with Crippen molar-refractivity contribution >= 4 is 23.6 Å². The van der Waals surface area contributed by atoms with Gasteiger partial charge in [0.25, 0.3) is 5.91 Å². The molecule has 1 saturated heterocycles. The zero-order chi connectivity index (χ0) is 39.5. The van der Waals surface area contributed by atoms with Crippen LogP contribution in [0, 0.1) is 16.7 Å². The van der Waals surface area contributed by atoms with Gasteiger partial charge in [-0.2, -0.15) is 0 Å². The molecule has 55 heavy (non-hydrogen) atoms. The number of nitrogens with one attached hydrogen (secondary N) is 1. The predicted molar refractivity (Wildman–Crippen MR) is 196 cm³/mol. The number of ketones is 1. The van der Waals surface area contributed by atoms with Crippen LogP contribution in [-0.4, -0.2) is 87.3 Å². The summed E-state index contributed by atoms with van der Waals surface area (Å²) in [6.07, 6.45) is -8.80. The van der Waals surface area contributed by atoms with E-state index >= 15 is 4.39 Å². The van der Waals surface area contributed by atoms with Crippen LogP contribution in [0.2, 0.25) is 0 Å². The minimum absolute atomic E-state index is 0.123. The fourth-order valence-electron chi connectivity index (χ4n) is 9.32. The van der Waals surface area contributed by atoms with E-state index in [1.807, 2.05) is 0 Å². The van der Waals surface area contributed by atoms with Gasteiger partial charge in [0.15, 0.2) is 6.10 Å². The van der Waals surface area contributed by atoms with Gasteiger partial charge in [-0.05, 0) is 49.2 Å². The van der Waals surface area contributed by atoms with Gasteiger partial charge in [0, 0.05) is 36.2 Å². The van der Waals surface area contributed by atoms with Crippen molar-refractivity contribution in [2.24, 2.45) is 16.7 Å². The Balaban J connectivity index is 1.29. The highest BCUT2D eigenvalue weighted by atomic mass is 19.1. The van der Waals surface area contributed by atoms with Gasteiger partial charge in [-0.25, -0.2) is 14.0 Å². The van der Waals surface area contributed by atoms with E-state index in [0.29, 0.717) is 22.3 Å². The van der Waals surface area contributed by atoms with Crippen LogP contribution in [0.5, 0.6) is 0 Å². The van der Waals surface area contributed by atoms with Crippen molar-refractivity contribution in [3.63, 3.8) is 0 Å². The lowest BCUT2D eigenvalue weighted by atomic mass is 9.45. The molecule has 3 aromatic rings. The number of rotatable bonds is 8. The molecule has 1 heterocycles. The van der Waals surface area contributed by atoms with E-state index in [0.717, 1.165) is 0 Å². The minimum atomic E-state index is -2.18. The van der Waals surface area contributed by atoms with Crippen LogP contribution >= 0.6 is 0 Å². The van der Waals surface area contributed by atoms with Crippen LogP contribution in [0.1, 0.15) is 79.3 Å². The average molecular weight is 756 g/mol. The van der Waals surface area contributed by atoms with Crippen LogP contribution in [0.15, 0.2) is 102 Å². The van der Waals surface area contributed by atoms with E-state index < -0.39 is 94.6 Å². The molecule has 0 radical (unpaired) electrons. The number of ether oxygens (including phenoxy) is 3. The quantitative estimate of drug-likeness (QED) is 0.188. The van der Waals surface area contributed by atoms with Gasteiger partial charge in [0.1, 0.15) is 35.4 Å². The van der Waals surface area contributed by atoms with Gasteiger partial charge in [0.2, 0.25) is 0 Å². The second kappa shape index (κ2) is 14.1. The molecule has 0 spiro atoms. The molecule has 3 aliphatic carbocycles. The lowest BCUT2D eigenvalue weighted by molar-refractivity contribution is -0.337. The van der Waals surface area contributed by atoms with Crippen molar-refractivity contribution in [1.82, 2.24) is 5.32 Å². The topological polar surface area (TPSA) is 169 Å². The molecule has 11 nitrogen and oxygen atoms in total. The van der Waals surface area contributed by atoms with Crippen molar-refractivity contribution < 1.29 is 53.1 Å². The number of carbonyl (C=O) groups is 4. The van der Waals surface area contributed by atoms with Crippen LogP contribution in [0.3, 0.4) is 0 Å². The SMILES string of the molecule is CC1=C2CC(=O)[C@]3(C)C(F)CC4OCC4(O)C3C(OC(=O)c3ccccc3)C(O)(CC1OC(=O)C(O)C(NC(=O)c1ccccc1)c1ccccc1)C2(C)C. The third kappa shape index (κ3) is 6.19. The molecule has 9 unspecified atom stereocenters. The van der Waals surface area contributed by atoms with Gasteiger partial charge >= 0.3 is 11.9 Å². The number of aliphatic hydroxyl groups is 3. The molecule has 10 atom stereocenters. The zero-order valence-electron chi connectivity index (χ0n) is 31.1. The number of esters is 2. The first-order chi connectivity index (χ1) is 26.0. The minimum Gasteiger partial charge on any atom is -0.456 e. The smallest absolute Gasteiger partial charge is 0.338 e. The van der Waals surface area contributed by atoms with Crippen molar-refractivity contribution in [3.8, 4) is 0 Å². The Kier molecular flexibility index (Phi) is 9.86. The highest BCUT2D eigenvalue weighted by Crippen LogP contribution is 2.63. The molecular weight excluding hydrogens is 709 g/mol. The van der Waals surface area contributed by atoms with E-state index in [2.05, 4.69) is 5.32 Å². The maximum atomic E-state index is 16.5. The number of benzene rings is 3. The fourth-order valence-corrected chi connectivity index (χ4v) is 9.32. The summed E-state index contributed by atoms with van der Waals surface area (Å²) >= 11 is 0. The Labute approximate surface area is 318 Å². The molecule has 3 fully saturated rings. The number of alkyl halides is 1. The first kappa shape index (κ1) is 38.5. The molecule has 290 valence electrons. The van der Waals surface area contributed by atoms with E-state index in [1.165, 1.54) is 19.1 Å². The number of hydrogen-bond donors (Lipinski definition) is 4. The summed E-state index contributed by atoms with van der Waals surface area (Å²) in [5.74, 6) is -4.59. The van der Waals surface area contributed by atoms with E-state index in [-0.39, 0.29) is 25.0 Å². The van der Waals surface area contributed by atoms with Crippen molar-refractivity contribution in [2.75, 3.05) is 6.61 Å². The Hall–Kier alpha value is -4.75. The number of Topliss-reactive ketones (excluding diaryl/α,β-unsaturated/α-hetero) is 1. The Morgan fingerprint density at radius 2 is 1.47 bits per heavy atom. The lowest BCUT2D eigenvalue weighted by Crippen LogP contribution is -2.79. The molecule has 2 bridgehead atoms. The van der Waals surface area contributed by atoms with Gasteiger partial charge in [-0.15, -0.1) is 0 Å². The molecule has 12 heteroatoms. The Morgan fingerprint density at radius 1 is 0.891 bits per heavy atom. The van der Waals surface area contributed by atoms with Crippen molar-refractivity contribution in [1.29, 1.82) is 0 Å². The number of amides is 1. The number of halogens is 1. The zero-order valence-corrected chi connectivity index (χ0v) is 31.1. The number of hydrogen-bond acceptors (Lipinski definition) is 10. The number of fused-ring (bicyclic) bond motifs is 5. The van der Waals surface area contributed by atoms with E-state index in [1.54, 1.807) is 99.6 Å².